The molecule has 1 atom stereocenters. The molecule has 3 nitrogen and oxygen atoms in total. The predicted octanol–water partition coefficient (Wildman–Crippen LogP) is 9.96. The SMILES string of the molecule is CC(c1cccs1)P(=O)(OC(C)(c1ccccc1)c1ccccc1)OC(C)(c1ccccc1)c1ccccc1. The van der Waals surface area contributed by atoms with Gasteiger partial charge >= 0.3 is 7.60 Å². The summed E-state index contributed by atoms with van der Waals surface area (Å²) in [5.74, 6) is 0. The Labute approximate surface area is 235 Å². The molecule has 5 rings (SSSR count). The van der Waals surface area contributed by atoms with Crippen LogP contribution in [0.3, 0.4) is 0 Å². The summed E-state index contributed by atoms with van der Waals surface area (Å²) in [5, 5.41) is 2.00. The zero-order valence-electron chi connectivity index (χ0n) is 22.4. The Hall–Kier alpha value is -3.27. The van der Waals surface area contributed by atoms with Crippen LogP contribution < -0.4 is 0 Å². The molecule has 39 heavy (non-hydrogen) atoms. The fourth-order valence-corrected chi connectivity index (χ4v) is 8.37. The standard InChI is InChI=1S/C34H33O3PS/c1-27(32-25-16-26-39-32)38(35,36-33(2,28-17-8-4-9-18-28)29-19-10-5-11-20-29)37-34(3,30-21-12-6-13-22-30)31-23-14-7-15-24-31/h4-27H,1-3H3. The van der Waals surface area contributed by atoms with E-state index in [0.29, 0.717) is 0 Å². The Morgan fingerprint density at radius 3 is 1.18 bits per heavy atom. The number of rotatable bonds is 10. The second-order valence-corrected chi connectivity index (χ2v) is 13.1. The molecule has 0 aliphatic carbocycles. The van der Waals surface area contributed by atoms with Gasteiger partial charge < -0.3 is 0 Å². The van der Waals surface area contributed by atoms with Gasteiger partial charge in [0.1, 0.15) is 11.2 Å². The van der Waals surface area contributed by atoms with Gasteiger partial charge in [-0.3, -0.25) is 13.6 Å². The van der Waals surface area contributed by atoms with E-state index >= 15 is 4.57 Å². The summed E-state index contributed by atoms with van der Waals surface area (Å²) in [6, 6.07) is 43.8. The highest BCUT2D eigenvalue weighted by atomic mass is 32.1. The van der Waals surface area contributed by atoms with Gasteiger partial charge in [-0.25, -0.2) is 0 Å². The molecule has 0 bridgehead atoms. The fourth-order valence-electron chi connectivity index (χ4n) is 4.94. The lowest BCUT2D eigenvalue weighted by molar-refractivity contribution is 0.0447. The molecular formula is C34H33O3PS. The van der Waals surface area contributed by atoms with Crippen molar-refractivity contribution in [1.29, 1.82) is 0 Å². The molecule has 0 aliphatic heterocycles. The molecule has 5 aromatic rings. The van der Waals surface area contributed by atoms with E-state index in [9.17, 15) is 0 Å². The largest absolute Gasteiger partial charge is 0.340 e. The summed E-state index contributed by atoms with van der Waals surface area (Å²) in [4.78, 5) is 0.949. The van der Waals surface area contributed by atoms with Gasteiger partial charge in [-0.1, -0.05) is 127 Å². The van der Waals surface area contributed by atoms with E-state index in [1.165, 1.54) is 0 Å². The zero-order valence-corrected chi connectivity index (χ0v) is 24.1. The second kappa shape index (κ2) is 11.5. The van der Waals surface area contributed by atoms with Gasteiger partial charge in [-0.15, -0.1) is 11.3 Å². The van der Waals surface area contributed by atoms with Crippen molar-refractivity contribution in [3.63, 3.8) is 0 Å². The minimum absolute atomic E-state index is 0.504. The highest BCUT2D eigenvalue weighted by molar-refractivity contribution is 7.54. The zero-order chi connectivity index (χ0) is 27.3. The van der Waals surface area contributed by atoms with Gasteiger partial charge in [-0.2, -0.15) is 0 Å². The molecule has 1 aromatic heterocycles. The van der Waals surface area contributed by atoms with Crippen LogP contribution in [0.15, 0.2) is 139 Å². The number of benzene rings is 4. The van der Waals surface area contributed by atoms with Crippen molar-refractivity contribution in [2.24, 2.45) is 0 Å². The first-order valence-electron chi connectivity index (χ1n) is 13.1. The van der Waals surface area contributed by atoms with Crippen LogP contribution in [-0.4, -0.2) is 0 Å². The Balaban J connectivity index is 1.69. The van der Waals surface area contributed by atoms with Crippen LogP contribution in [0.1, 0.15) is 53.6 Å². The maximum atomic E-state index is 15.5. The fraction of sp³-hybridized carbons (Fsp3) is 0.176. The van der Waals surface area contributed by atoms with Crippen LogP contribution >= 0.6 is 18.9 Å². The number of hydrogen-bond donors (Lipinski definition) is 0. The van der Waals surface area contributed by atoms with Gasteiger partial charge in [0.2, 0.25) is 0 Å². The van der Waals surface area contributed by atoms with Crippen LogP contribution in [0.5, 0.6) is 0 Å². The first kappa shape index (κ1) is 27.3. The van der Waals surface area contributed by atoms with Crippen LogP contribution in [0.2, 0.25) is 0 Å². The summed E-state index contributed by atoms with van der Waals surface area (Å²) < 4.78 is 29.4. The predicted molar refractivity (Wildman–Crippen MR) is 161 cm³/mol. The molecular weight excluding hydrogens is 519 g/mol. The third-order valence-corrected chi connectivity index (χ3v) is 11.0. The molecule has 0 N–H and O–H groups in total. The summed E-state index contributed by atoms with van der Waals surface area (Å²) in [6.45, 7) is 5.91. The van der Waals surface area contributed by atoms with E-state index in [0.717, 1.165) is 27.1 Å². The van der Waals surface area contributed by atoms with E-state index < -0.39 is 24.5 Å². The summed E-state index contributed by atoms with van der Waals surface area (Å²) >= 11 is 1.56. The molecule has 0 spiro atoms. The topological polar surface area (TPSA) is 35.5 Å². The highest BCUT2D eigenvalue weighted by Gasteiger charge is 2.48. The first-order valence-corrected chi connectivity index (χ1v) is 15.6. The molecule has 198 valence electrons. The van der Waals surface area contributed by atoms with Gasteiger partial charge in [0.25, 0.3) is 0 Å². The maximum Gasteiger partial charge on any atom is 0.340 e. The van der Waals surface area contributed by atoms with Crippen LogP contribution in [0, 0.1) is 0 Å². The normalized spacial score (nSPS) is 13.2. The number of thiophene rings is 1. The van der Waals surface area contributed by atoms with E-state index in [2.05, 4.69) is 0 Å². The van der Waals surface area contributed by atoms with Gasteiger partial charge in [0, 0.05) is 4.88 Å². The van der Waals surface area contributed by atoms with Gasteiger partial charge in [0.15, 0.2) is 0 Å². The summed E-state index contributed by atoms with van der Waals surface area (Å²) in [7, 11) is -3.89. The van der Waals surface area contributed by atoms with Crippen LogP contribution in [0.4, 0.5) is 0 Å². The van der Waals surface area contributed by atoms with E-state index in [1.807, 2.05) is 160 Å². The van der Waals surface area contributed by atoms with Gasteiger partial charge in [-0.05, 0) is 54.5 Å². The lowest BCUT2D eigenvalue weighted by atomic mass is 9.88. The third-order valence-electron chi connectivity index (χ3n) is 7.35. The lowest BCUT2D eigenvalue weighted by Crippen LogP contribution is -2.32. The van der Waals surface area contributed by atoms with Crippen molar-refractivity contribution in [1.82, 2.24) is 0 Å². The summed E-state index contributed by atoms with van der Waals surface area (Å²) in [5.41, 5.74) is 1.05. The molecule has 0 fully saturated rings. The smallest absolute Gasteiger partial charge is 0.292 e. The van der Waals surface area contributed by atoms with E-state index in [-0.39, 0.29) is 0 Å². The van der Waals surface area contributed by atoms with Gasteiger partial charge in [0.05, 0.1) is 5.66 Å². The van der Waals surface area contributed by atoms with Crippen molar-refractivity contribution in [3.05, 3.63) is 166 Å². The second-order valence-electron chi connectivity index (χ2n) is 9.94. The minimum atomic E-state index is -3.89. The molecule has 4 aromatic carbocycles. The quantitative estimate of drug-likeness (QED) is 0.162. The van der Waals surface area contributed by atoms with Crippen LogP contribution in [0.25, 0.3) is 0 Å². The Morgan fingerprint density at radius 1 is 0.564 bits per heavy atom. The monoisotopic (exact) mass is 552 g/mol. The maximum absolute atomic E-state index is 15.5. The highest BCUT2D eigenvalue weighted by Crippen LogP contribution is 2.68. The molecule has 1 heterocycles. The molecule has 0 saturated heterocycles. The van der Waals surface area contributed by atoms with Crippen molar-refractivity contribution in [2.45, 2.75) is 37.6 Å². The Morgan fingerprint density at radius 2 is 0.897 bits per heavy atom. The van der Waals surface area contributed by atoms with E-state index in [4.69, 9.17) is 9.05 Å². The average molecular weight is 553 g/mol. The van der Waals surface area contributed by atoms with Crippen molar-refractivity contribution < 1.29 is 13.6 Å². The third kappa shape index (κ3) is 5.57. The average Bonchev–Trinajstić information content (AvgIpc) is 3.53. The minimum Gasteiger partial charge on any atom is -0.292 e. The van der Waals surface area contributed by atoms with Crippen LogP contribution in [-0.2, 0) is 24.8 Å². The summed E-state index contributed by atoms with van der Waals surface area (Å²) in [6.07, 6.45) is 0. The molecule has 0 radical (unpaired) electrons. The Kier molecular flexibility index (Phi) is 8.02. The lowest BCUT2D eigenvalue weighted by Gasteiger charge is -2.41. The molecule has 0 saturated carbocycles. The molecule has 1 unspecified atom stereocenters. The number of hydrogen-bond acceptors (Lipinski definition) is 4. The van der Waals surface area contributed by atoms with Crippen molar-refractivity contribution >= 4 is 18.9 Å². The van der Waals surface area contributed by atoms with E-state index in [1.54, 1.807) is 11.3 Å². The molecule has 0 amide bonds. The molecule has 5 heteroatoms. The Bertz CT molecular complexity index is 1330. The van der Waals surface area contributed by atoms with Crippen molar-refractivity contribution in [3.8, 4) is 0 Å². The first-order chi connectivity index (χ1) is 18.9. The van der Waals surface area contributed by atoms with Crippen molar-refractivity contribution in [2.75, 3.05) is 0 Å². The molecule has 0 aliphatic rings.